The monoisotopic (exact) mass is 424 g/mol. The van der Waals surface area contributed by atoms with E-state index in [2.05, 4.69) is 25.8 Å². The lowest BCUT2D eigenvalue weighted by Crippen LogP contribution is -2.43. The summed E-state index contributed by atoms with van der Waals surface area (Å²) in [4.78, 5) is 44.1. The number of imide groups is 1. The molecular weight excluding hydrogens is 396 g/mol. The van der Waals surface area contributed by atoms with Gasteiger partial charge in [-0.15, -0.1) is 0 Å². The van der Waals surface area contributed by atoms with Crippen LogP contribution in [0.3, 0.4) is 0 Å². The van der Waals surface area contributed by atoms with E-state index in [0.717, 1.165) is 10.3 Å². The standard InChI is InChI=1S/C23H28N4O4/c1-15(28)24-19-13-16(11-12-26(19)31)14-25-21(30)27(20(29)23(25,5)6)18-9-7-17(8-10-18)22(2,3)4/h7-13,31H,14H2,1-6H3. The first-order valence-corrected chi connectivity index (χ1v) is 10.0. The number of nitrogens with zero attached hydrogens (tertiary/aromatic N) is 4. The molecule has 31 heavy (non-hydrogen) atoms. The van der Waals surface area contributed by atoms with Crippen molar-refractivity contribution in [1.29, 1.82) is 0 Å². The molecular formula is C23H28N4O4. The molecule has 0 saturated carbocycles. The summed E-state index contributed by atoms with van der Waals surface area (Å²) >= 11 is 0. The minimum atomic E-state index is -1.07. The van der Waals surface area contributed by atoms with Crippen LogP contribution in [0.4, 0.5) is 10.5 Å². The van der Waals surface area contributed by atoms with Crippen LogP contribution in [0.25, 0.3) is 0 Å². The molecule has 8 heteroatoms. The maximum absolute atomic E-state index is 13.2. The van der Waals surface area contributed by atoms with Crippen LogP contribution in [0.1, 0.15) is 52.7 Å². The predicted molar refractivity (Wildman–Crippen MR) is 116 cm³/mol. The molecule has 1 aromatic carbocycles. The lowest BCUT2D eigenvalue weighted by Gasteiger charge is -2.27. The van der Waals surface area contributed by atoms with Gasteiger partial charge in [-0.1, -0.05) is 32.9 Å². The summed E-state index contributed by atoms with van der Waals surface area (Å²) in [6.45, 7) is 11.1. The molecule has 1 aromatic heterocycles. The first-order chi connectivity index (χ1) is 14.3. The van der Waals surface area contributed by atoms with E-state index in [0.29, 0.717) is 11.3 Å². The SMILES string of the molecule is CC(=O)N=c1cc(CN2C(=O)N(c3ccc(C(C)(C)C)cc3)C(=O)C2(C)C)ccn1O. The van der Waals surface area contributed by atoms with Crippen LogP contribution in [-0.2, 0) is 21.5 Å². The van der Waals surface area contributed by atoms with Crippen LogP contribution in [0.15, 0.2) is 47.6 Å². The van der Waals surface area contributed by atoms with Crippen molar-refractivity contribution in [2.75, 3.05) is 4.90 Å². The van der Waals surface area contributed by atoms with Gasteiger partial charge in [0.15, 0.2) is 5.49 Å². The summed E-state index contributed by atoms with van der Waals surface area (Å²) < 4.78 is 0.732. The smallest absolute Gasteiger partial charge is 0.332 e. The molecule has 0 aliphatic carbocycles. The van der Waals surface area contributed by atoms with E-state index < -0.39 is 17.5 Å². The molecule has 0 unspecified atom stereocenters. The number of benzene rings is 1. The Hall–Kier alpha value is -3.42. The number of carbonyl (C=O) groups excluding carboxylic acids is 3. The van der Waals surface area contributed by atoms with E-state index in [1.165, 1.54) is 29.0 Å². The van der Waals surface area contributed by atoms with Crippen LogP contribution in [0.2, 0.25) is 0 Å². The molecule has 164 valence electrons. The predicted octanol–water partition coefficient (Wildman–Crippen LogP) is 3.22. The van der Waals surface area contributed by atoms with Crippen molar-refractivity contribution in [3.8, 4) is 0 Å². The van der Waals surface area contributed by atoms with Gasteiger partial charge in [-0.2, -0.15) is 9.72 Å². The third-order valence-electron chi connectivity index (χ3n) is 5.41. The van der Waals surface area contributed by atoms with E-state index in [-0.39, 0.29) is 23.4 Å². The van der Waals surface area contributed by atoms with Gasteiger partial charge in [0.1, 0.15) is 5.54 Å². The lowest BCUT2D eigenvalue weighted by molar-refractivity contribution is -0.123. The summed E-state index contributed by atoms with van der Waals surface area (Å²) in [5.41, 5.74) is 1.20. The minimum Gasteiger partial charge on any atom is -0.427 e. The van der Waals surface area contributed by atoms with Gasteiger partial charge in [-0.05, 0) is 54.7 Å². The Balaban J connectivity index is 1.94. The van der Waals surface area contributed by atoms with Crippen LogP contribution in [-0.4, -0.2) is 38.2 Å². The van der Waals surface area contributed by atoms with Crippen molar-refractivity contribution in [2.45, 2.75) is 59.0 Å². The number of anilines is 1. The molecule has 0 radical (unpaired) electrons. The highest BCUT2D eigenvalue weighted by Gasteiger charge is 2.51. The summed E-state index contributed by atoms with van der Waals surface area (Å²) in [7, 11) is 0. The molecule has 8 nitrogen and oxygen atoms in total. The summed E-state index contributed by atoms with van der Waals surface area (Å²) in [6, 6.07) is 10.1. The highest BCUT2D eigenvalue weighted by Crippen LogP contribution is 2.34. The van der Waals surface area contributed by atoms with E-state index in [1.807, 2.05) is 12.1 Å². The lowest BCUT2D eigenvalue weighted by atomic mass is 9.87. The second-order valence-corrected chi connectivity index (χ2v) is 9.23. The second-order valence-electron chi connectivity index (χ2n) is 9.23. The van der Waals surface area contributed by atoms with Gasteiger partial charge in [0.05, 0.1) is 5.69 Å². The van der Waals surface area contributed by atoms with E-state index >= 15 is 0 Å². The Morgan fingerprint density at radius 2 is 1.71 bits per heavy atom. The molecule has 0 spiro atoms. The fourth-order valence-electron chi connectivity index (χ4n) is 3.49. The molecule has 0 atom stereocenters. The van der Waals surface area contributed by atoms with Gasteiger partial charge in [0.2, 0.25) is 5.91 Å². The van der Waals surface area contributed by atoms with Gasteiger partial charge in [-0.3, -0.25) is 9.59 Å². The minimum absolute atomic E-state index is 0.0393. The van der Waals surface area contributed by atoms with Crippen molar-refractivity contribution < 1.29 is 19.6 Å². The topological polar surface area (TPSA) is 95.2 Å². The van der Waals surface area contributed by atoms with E-state index in [9.17, 15) is 19.6 Å². The summed E-state index contributed by atoms with van der Waals surface area (Å²) in [5.74, 6) is -0.777. The van der Waals surface area contributed by atoms with Crippen LogP contribution in [0.5, 0.6) is 0 Å². The van der Waals surface area contributed by atoms with E-state index in [1.54, 1.807) is 32.0 Å². The molecule has 3 rings (SSSR count). The first-order valence-electron chi connectivity index (χ1n) is 10.0. The van der Waals surface area contributed by atoms with Crippen LogP contribution >= 0.6 is 0 Å². The van der Waals surface area contributed by atoms with Crippen LogP contribution in [0, 0.1) is 0 Å². The van der Waals surface area contributed by atoms with Crippen molar-refractivity contribution >= 4 is 23.5 Å². The fraction of sp³-hybridized carbons (Fsp3) is 0.391. The largest absolute Gasteiger partial charge is 0.427 e. The normalized spacial score (nSPS) is 16.9. The summed E-state index contributed by atoms with van der Waals surface area (Å²) in [6.07, 6.45) is 1.34. The van der Waals surface area contributed by atoms with Crippen molar-refractivity contribution in [2.24, 2.45) is 4.99 Å². The fourth-order valence-corrected chi connectivity index (χ4v) is 3.49. The zero-order chi connectivity index (χ0) is 23.1. The molecule has 0 bridgehead atoms. The Kier molecular flexibility index (Phi) is 5.52. The van der Waals surface area contributed by atoms with Crippen molar-refractivity contribution in [3.05, 3.63) is 59.2 Å². The van der Waals surface area contributed by atoms with Gasteiger partial charge in [0, 0.05) is 19.7 Å². The molecule has 1 aliphatic rings. The van der Waals surface area contributed by atoms with Gasteiger partial charge < -0.3 is 10.1 Å². The average Bonchev–Trinajstić information content (AvgIpc) is 2.83. The highest BCUT2D eigenvalue weighted by molar-refractivity contribution is 6.22. The van der Waals surface area contributed by atoms with Gasteiger partial charge >= 0.3 is 6.03 Å². The summed E-state index contributed by atoms with van der Waals surface area (Å²) in [5, 5.41) is 9.84. The molecule has 1 N–H and O–H groups in total. The Bertz CT molecular complexity index is 1110. The Morgan fingerprint density at radius 1 is 1.10 bits per heavy atom. The maximum atomic E-state index is 13.2. The number of hydrogen-bond acceptors (Lipinski definition) is 4. The quantitative estimate of drug-likeness (QED) is 0.605. The first kappa shape index (κ1) is 22.3. The molecule has 1 fully saturated rings. The number of rotatable bonds is 3. The molecule has 2 aromatic rings. The maximum Gasteiger partial charge on any atom is 0.332 e. The molecule has 1 saturated heterocycles. The average molecular weight is 425 g/mol. The third kappa shape index (κ3) is 4.23. The van der Waals surface area contributed by atoms with E-state index in [4.69, 9.17) is 0 Å². The number of hydrogen-bond donors (Lipinski definition) is 1. The number of amides is 4. The number of carbonyl (C=O) groups is 3. The Labute approximate surface area is 181 Å². The van der Waals surface area contributed by atoms with Crippen molar-refractivity contribution in [1.82, 2.24) is 9.63 Å². The van der Waals surface area contributed by atoms with Crippen LogP contribution < -0.4 is 10.4 Å². The number of pyridine rings is 1. The molecule has 4 amide bonds. The molecule has 1 aliphatic heterocycles. The zero-order valence-electron chi connectivity index (χ0n) is 18.7. The number of aromatic nitrogens is 1. The highest BCUT2D eigenvalue weighted by atomic mass is 16.5. The second kappa shape index (κ2) is 7.68. The van der Waals surface area contributed by atoms with Gasteiger partial charge in [-0.25, -0.2) is 9.69 Å². The van der Waals surface area contributed by atoms with Crippen molar-refractivity contribution in [3.63, 3.8) is 0 Å². The number of urea groups is 1. The molecule has 2 heterocycles. The van der Waals surface area contributed by atoms with Gasteiger partial charge in [0.25, 0.3) is 5.91 Å². The third-order valence-corrected chi connectivity index (χ3v) is 5.41. The Morgan fingerprint density at radius 3 is 2.26 bits per heavy atom. The zero-order valence-corrected chi connectivity index (χ0v) is 18.7.